The molecule has 0 fully saturated rings. The van der Waals surface area contributed by atoms with E-state index in [2.05, 4.69) is 23.7 Å². The first-order valence-corrected chi connectivity index (χ1v) is 11.5. The van der Waals surface area contributed by atoms with Crippen LogP contribution in [0.1, 0.15) is 45.7 Å². The lowest BCUT2D eigenvalue weighted by atomic mass is 9.96. The van der Waals surface area contributed by atoms with Gasteiger partial charge < -0.3 is 29.2 Å². The van der Waals surface area contributed by atoms with Crippen LogP contribution < -0.4 is 0 Å². The molecule has 190 valence electrons. The van der Waals surface area contributed by atoms with Gasteiger partial charge in [-0.1, -0.05) is 35.8 Å². The summed E-state index contributed by atoms with van der Waals surface area (Å²) in [6.45, 7) is 7.05. The van der Waals surface area contributed by atoms with Gasteiger partial charge in [0.15, 0.2) is 0 Å². The van der Waals surface area contributed by atoms with Gasteiger partial charge in [-0.15, -0.1) is 0 Å². The molecular weight excluding hydrogens is 464 g/mol. The minimum atomic E-state index is -1.14. The van der Waals surface area contributed by atoms with Crippen molar-refractivity contribution < 1.29 is 38.7 Å². The highest BCUT2D eigenvalue weighted by Crippen LogP contribution is 2.25. The van der Waals surface area contributed by atoms with Gasteiger partial charge in [0.25, 0.3) is 0 Å². The largest absolute Gasteiger partial charge is 0.478 e. The summed E-state index contributed by atoms with van der Waals surface area (Å²) in [4.78, 5) is 23.6. The van der Waals surface area contributed by atoms with Crippen molar-refractivity contribution in [2.45, 2.75) is 13.8 Å². The molecular formula is C28H30O8. The first-order chi connectivity index (χ1) is 17.5. The van der Waals surface area contributed by atoms with Crippen molar-refractivity contribution >= 4 is 11.9 Å². The van der Waals surface area contributed by atoms with Crippen LogP contribution in [-0.4, -0.2) is 75.0 Å². The number of hydrogen-bond acceptors (Lipinski definition) is 6. The second kappa shape index (κ2) is 16.1. The van der Waals surface area contributed by atoms with Crippen LogP contribution in [0.5, 0.6) is 0 Å². The van der Waals surface area contributed by atoms with Gasteiger partial charge in [-0.3, -0.25) is 0 Å². The molecule has 0 radical (unpaired) electrons. The zero-order valence-corrected chi connectivity index (χ0v) is 20.5. The van der Waals surface area contributed by atoms with Gasteiger partial charge in [-0.05, 0) is 49.2 Å². The summed E-state index contributed by atoms with van der Waals surface area (Å²) in [5.41, 5.74) is 1.80. The Labute approximate surface area is 211 Å². The maximum Gasteiger partial charge on any atom is 0.336 e. The van der Waals surface area contributed by atoms with Crippen LogP contribution in [0.3, 0.4) is 0 Å². The Kier molecular flexibility index (Phi) is 12.8. The van der Waals surface area contributed by atoms with E-state index in [0.717, 1.165) is 0 Å². The number of benzene rings is 2. The van der Waals surface area contributed by atoms with E-state index in [1.807, 2.05) is 13.8 Å². The molecule has 0 spiro atoms. The average Bonchev–Trinajstić information content (AvgIpc) is 2.87. The fraction of sp³-hybridized carbons (Fsp3) is 0.357. The normalized spacial score (nSPS) is 10.2. The Balaban J connectivity index is 2.18. The zero-order chi connectivity index (χ0) is 26.2. The number of carboxylic acids is 2. The van der Waals surface area contributed by atoms with Crippen LogP contribution >= 0.6 is 0 Å². The second-order valence-electron chi connectivity index (χ2n) is 7.23. The SMILES string of the molecule is CCOCCOCC#Cc1ccc(-c2ccc(C#CCOCCOCC)c(C(=O)O)c2)cc1C(=O)O. The molecule has 0 bridgehead atoms. The number of rotatable bonds is 13. The van der Waals surface area contributed by atoms with Gasteiger partial charge in [0.05, 0.1) is 37.6 Å². The Hall–Kier alpha value is -3.66. The van der Waals surface area contributed by atoms with E-state index in [1.165, 1.54) is 12.1 Å². The summed E-state index contributed by atoms with van der Waals surface area (Å²) >= 11 is 0. The summed E-state index contributed by atoms with van der Waals surface area (Å²) in [5, 5.41) is 19.3. The monoisotopic (exact) mass is 494 g/mol. The van der Waals surface area contributed by atoms with Crippen molar-refractivity contribution in [1.82, 2.24) is 0 Å². The Morgan fingerprint density at radius 2 is 1.06 bits per heavy atom. The predicted octanol–water partition coefficient (Wildman–Crippen LogP) is 3.56. The molecule has 0 saturated heterocycles. The smallest absolute Gasteiger partial charge is 0.336 e. The molecule has 0 atom stereocenters. The van der Waals surface area contributed by atoms with Gasteiger partial charge >= 0.3 is 11.9 Å². The quantitative estimate of drug-likeness (QED) is 0.321. The summed E-state index contributed by atoms with van der Waals surface area (Å²) in [5.74, 6) is 8.97. The predicted molar refractivity (Wildman–Crippen MR) is 134 cm³/mol. The maximum absolute atomic E-state index is 11.8. The summed E-state index contributed by atoms with van der Waals surface area (Å²) in [7, 11) is 0. The summed E-state index contributed by atoms with van der Waals surface area (Å²) in [6, 6.07) is 9.54. The molecule has 0 aliphatic carbocycles. The standard InChI is InChI=1S/C28H30O8/c1-3-33-15-17-35-13-5-7-21-9-11-23(19-25(21)27(29)30)24-12-10-22(26(20-24)28(31)32)8-6-14-36-18-16-34-4-2/h9-12,19-20H,3-4,13-18H2,1-2H3,(H,29,30)(H,31,32). The van der Waals surface area contributed by atoms with Crippen LogP contribution in [0.15, 0.2) is 36.4 Å². The molecule has 2 aromatic rings. The molecule has 36 heavy (non-hydrogen) atoms. The molecule has 0 unspecified atom stereocenters. The fourth-order valence-electron chi connectivity index (χ4n) is 3.05. The lowest BCUT2D eigenvalue weighted by Crippen LogP contribution is -2.04. The summed E-state index contributed by atoms with van der Waals surface area (Å²) < 4.78 is 21.0. The molecule has 0 aromatic heterocycles. The molecule has 0 aliphatic heterocycles. The Morgan fingerprint density at radius 3 is 1.42 bits per heavy atom. The van der Waals surface area contributed by atoms with Crippen LogP contribution in [0, 0.1) is 23.7 Å². The van der Waals surface area contributed by atoms with Crippen molar-refractivity contribution in [1.29, 1.82) is 0 Å². The molecule has 2 N–H and O–H groups in total. The number of aromatic carboxylic acids is 2. The van der Waals surface area contributed by atoms with Crippen LogP contribution in [0.25, 0.3) is 11.1 Å². The highest BCUT2D eigenvalue weighted by atomic mass is 16.5. The third-order valence-corrected chi connectivity index (χ3v) is 4.78. The molecule has 2 rings (SSSR count). The molecule has 0 heterocycles. The van der Waals surface area contributed by atoms with E-state index in [0.29, 0.717) is 61.9 Å². The molecule has 2 aromatic carbocycles. The van der Waals surface area contributed by atoms with Gasteiger partial charge in [0.2, 0.25) is 0 Å². The molecule has 8 heteroatoms. The first-order valence-electron chi connectivity index (χ1n) is 11.5. The van der Waals surface area contributed by atoms with Crippen LogP contribution in [-0.2, 0) is 18.9 Å². The van der Waals surface area contributed by atoms with E-state index in [-0.39, 0.29) is 24.3 Å². The number of hydrogen-bond donors (Lipinski definition) is 2. The van der Waals surface area contributed by atoms with Gasteiger partial charge in [-0.2, -0.15) is 0 Å². The maximum atomic E-state index is 11.8. The lowest BCUT2D eigenvalue weighted by molar-refractivity contribution is 0.0662. The minimum Gasteiger partial charge on any atom is -0.478 e. The number of carbonyl (C=O) groups is 2. The highest BCUT2D eigenvalue weighted by molar-refractivity contribution is 5.94. The molecule has 0 aliphatic rings. The highest BCUT2D eigenvalue weighted by Gasteiger charge is 2.14. The summed E-state index contributed by atoms with van der Waals surface area (Å²) in [6.07, 6.45) is 0. The van der Waals surface area contributed by atoms with Gasteiger partial charge in [-0.25, -0.2) is 9.59 Å². The van der Waals surface area contributed by atoms with Gasteiger partial charge in [0, 0.05) is 24.3 Å². The van der Waals surface area contributed by atoms with Crippen LogP contribution in [0.2, 0.25) is 0 Å². The Bertz CT molecular complexity index is 1060. The number of carboxylic acid groups (broad SMARTS) is 2. The lowest BCUT2D eigenvalue weighted by Gasteiger charge is -2.08. The first kappa shape index (κ1) is 28.6. The average molecular weight is 495 g/mol. The third-order valence-electron chi connectivity index (χ3n) is 4.78. The molecule has 0 saturated carbocycles. The second-order valence-corrected chi connectivity index (χ2v) is 7.23. The van der Waals surface area contributed by atoms with Crippen molar-refractivity contribution in [3.05, 3.63) is 58.7 Å². The van der Waals surface area contributed by atoms with Crippen molar-refractivity contribution in [3.63, 3.8) is 0 Å². The van der Waals surface area contributed by atoms with Crippen molar-refractivity contribution in [3.8, 4) is 34.8 Å². The van der Waals surface area contributed by atoms with E-state index in [9.17, 15) is 19.8 Å². The number of ether oxygens (including phenoxy) is 4. The Morgan fingerprint density at radius 1 is 0.667 bits per heavy atom. The van der Waals surface area contributed by atoms with Crippen LogP contribution in [0.4, 0.5) is 0 Å². The van der Waals surface area contributed by atoms with E-state index < -0.39 is 11.9 Å². The van der Waals surface area contributed by atoms with Gasteiger partial charge in [0.1, 0.15) is 13.2 Å². The molecule has 0 amide bonds. The fourth-order valence-corrected chi connectivity index (χ4v) is 3.05. The zero-order valence-electron chi connectivity index (χ0n) is 20.5. The van der Waals surface area contributed by atoms with E-state index in [4.69, 9.17) is 18.9 Å². The minimum absolute atomic E-state index is 0.0132. The third kappa shape index (κ3) is 9.53. The van der Waals surface area contributed by atoms with Crippen molar-refractivity contribution in [2.75, 3.05) is 52.9 Å². The molecule has 8 nitrogen and oxygen atoms in total. The van der Waals surface area contributed by atoms with Crippen molar-refractivity contribution in [2.24, 2.45) is 0 Å². The topological polar surface area (TPSA) is 112 Å². The van der Waals surface area contributed by atoms with E-state index >= 15 is 0 Å². The van der Waals surface area contributed by atoms with E-state index in [1.54, 1.807) is 24.3 Å².